The maximum absolute atomic E-state index is 12.9. The normalized spacial score (nSPS) is 13.4. The number of fused-ring (bicyclic) bond motifs is 1. The molecular formula is C21H26N2O6S. The summed E-state index contributed by atoms with van der Waals surface area (Å²) in [6.45, 7) is 7.30. The average Bonchev–Trinajstić information content (AvgIpc) is 3.14. The molecule has 0 bridgehead atoms. The lowest BCUT2D eigenvalue weighted by Crippen LogP contribution is -2.41. The molecule has 3 rings (SSSR count). The lowest BCUT2D eigenvalue weighted by Gasteiger charge is -2.27. The highest BCUT2D eigenvalue weighted by Gasteiger charge is 2.28. The van der Waals surface area contributed by atoms with E-state index in [1.54, 1.807) is 19.9 Å². The Morgan fingerprint density at radius 2 is 1.80 bits per heavy atom. The van der Waals surface area contributed by atoms with E-state index in [0.29, 0.717) is 11.5 Å². The van der Waals surface area contributed by atoms with Crippen molar-refractivity contribution in [2.75, 3.05) is 13.9 Å². The summed E-state index contributed by atoms with van der Waals surface area (Å²) < 4.78 is 43.8. The Hall–Kier alpha value is -2.78. The SMILES string of the molecule is COc1ccc(C(=O)NC(C)(C)c2ccc3c(c2)OCO3)cc1S(=O)(=O)NC(C)C. The van der Waals surface area contributed by atoms with Crippen LogP contribution in [0.5, 0.6) is 17.2 Å². The van der Waals surface area contributed by atoms with Crippen molar-refractivity contribution in [2.24, 2.45) is 0 Å². The van der Waals surface area contributed by atoms with E-state index in [0.717, 1.165) is 5.56 Å². The molecule has 0 unspecified atom stereocenters. The van der Waals surface area contributed by atoms with Gasteiger partial charge in [-0.05, 0) is 63.6 Å². The minimum absolute atomic E-state index is 0.0905. The third-order valence-corrected chi connectivity index (χ3v) is 6.31. The summed E-state index contributed by atoms with van der Waals surface area (Å²) in [5.74, 6) is 1.02. The first kappa shape index (κ1) is 21.9. The minimum atomic E-state index is -3.85. The van der Waals surface area contributed by atoms with Crippen LogP contribution in [0.4, 0.5) is 0 Å². The largest absolute Gasteiger partial charge is 0.495 e. The molecule has 1 aliphatic rings. The Morgan fingerprint density at radius 3 is 2.47 bits per heavy atom. The highest BCUT2D eigenvalue weighted by atomic mass is 32.2. The van der Waals surface area contributed by atoms with Gasteiger partial charge in [0.2, 0.25) is 16.8 Å². The number of nitrogens with one attached hydrogen (secondary N) is 2. The van der Waals surface area contributed by atoms with E-state index in [4.69, 9.17) is 14.2 Å². The van der Waals surface area contributed by atoms with E-state index in [9.17, 15) is 13.2 Å². The summed E-state index contributed by atoms with van der Waals surface area (Å²) in [4.78, 5) is 12.9. The highest BCUT2D eigenvalue weighted by Crippen LogP contribution is 2.35. The molecule has 1 heterocycles. The maximum Gasteiger partial charge on any atom is 0.252 e. The Bertz CT molecular complexity index is 1060. The van der Waals surface area contributed by atoms with E-state index >= 15 is 0 Å². The molecular weight excluding hydrogens is 408 g/mol. The number of carbonyl (C=O) groups excluding carboxylic acids is 1. The van der Waals surface area contributed by atoms with Gasteiger partial charge in [0.05, 0.1) is 12.6 Å². The highest BCUT2D eigenvalue weighted by molar-refractivity contribution is 7.89. The smallest absolute Gasteiger partial charge is 0.252 e. The van der Waals surface area contributed by atoms with Gasteiger partial charge in [-0.3, -0.25) is 4.79 Å². The van der Waals surface area contributed by atoms with Crippen molar-refractivity contribution >= 4 is 15.9 Å². The topological polar surface area (TPSA) is 103 Å². The Morgan fingerprint density at radius 1 is 1.10 bits per heavy atom. The van der Waals surface area contributed by atoms with Crippen molar-refractivity contribution in [1.82, 2.24) is 10.0 Å². The van der Waals surface area contributed by atoms with Crippen LogP contribution < -0.4 is 24.2 Å². The van der Waals surface area contributed by atoms with Crippen molar-refractivity contribution in [3.8, 4) is 17.2 Å². The molecule has 0 saturated heterocycles. The molecule has 1 aliphatic heterocycles. The summed E-state index contributed by atoms with van der Waals surface area (Å²) in [5.41, 5.74) is 0.282. The van der Waals surface area contributed by atoms with E-state index < -0.39 is 21.5 Å². The lowest BCUT2D eigenvalue weighted by molar-refractivity contribution is 0.0911. The summed E-state index contributed by atoms with van der Waals surface area (Å²) in [5, 5.41) is 2.95. The van der Waals surface area contributed by atoms with Gasteiger partial charge in [-0.2, -0.15) is 0 Å². The van der Waals surface area contributed by atoms with Crippen LogP contribution in [0.3, 0.4) is 0 Å². The fourth-order valence-electron chi connectivity index (χ4n) is 3.12. The fraction of sp³-hybridized carbons (Fsp3) is 0.381. The number of rotatable bonds is 7. The van der Waals surface area contributed by atoms with Crippen LogP contribution >= 0.6 is 0 Å². The van der Waals surface area contributed by atoms with E-state index in [1.807, 2.05) is 26.0 Å². The van der Waals surface area contributed by atoms with Crippen molar-refractivity contribution in [3.05, 3.63) is 47.5 Å². The Labute approximate surface area is 176 Å². The molecule has 9 heteroatoms. The zero-order valence-corrected chi connectivity index (χ0v) is 18.4. The average molecular weight is 435 g/mol. The van der Waals surface area contributed by atoms with Gasteiger partial charge in [-0.15, -0.1) is 0 Å². The summed E-state index contributed by atoms with van der Waals surface area (Å²) in [6, 6.07) is 9.47. The molecule has 0 radical (unpaired) electrons. The number of methoxy groups -OCH3 is 1. The lowest BCUT2D eigenvalue weighted by atomic mass is 9.93. The predicted molar refractivity (Wildman–Crippen MR) is 112 cm³/mol. The van der Waals surface area contributed by atoms with Crippen LogP contribution in [0.15, 0.2) is 41.3 Å². The number of ether oxygens (including phenoxy) is 3. The van der Waals surface area contributed by atoms with Crippen LogP contribution in [-0.4, -0.2) is 34.3 Å². The molecule has 0 fully saturated rings. The van der Waals surface area contributed by atoms with Crippen molar-refractivity contribution in [2.45, 2.75) is 44.2 Å². The molecule has 0 aliphatic carbocycles. The molecule has 0 aromatic heterocycles. The van der Waals surface area contributed by atoms with Crippen molar-refractivity contribution < 1.29 is 27.4 Å². The van der Waals surface area contributed by atoms with Crippen LogP contribution in [0.25, 0.3) is 0 Å². The number of amides is 1. The van der Waals surface area contributed by atoms with Gasteiger partial charge in [0.15, 0.2) is 11.5 Å². The number of hydrogen-bond donors (Lipinski definition) is 2. The summed E-state index contributed by atoms with van der Waals surface area (Å²) in [7, 11) is -2.47. The third-order valence-electron chi connectivity index (χ3n) is 4.63. The minimum Gasteiger partial charge on any atom is -0.495 e. The van der Waals surface area contributed by atoms with Gasteiger partial charge in [-0.25, -0.2) is 13.1 Å². The molecule has 162 valence electrons. The number of hydrogen-bond acceptors (Lipinski definition) is 6. The number of benzene rings is 2. The first-order valence-corrected chi connectivity index (χ1v) is 10.9. The summed E-state index contributed by atoms with van der Waals surface area (Å²) >= 11 is 0. The third kappa shape index (κ3) is 4.52. The second-order valence-electron chi connectivity index (χ2n) is 7.79. The molecule has 0 saturated carbocycles. The standard InChI is InChI=1S/C21H26N2O6S/c1-13(2)23-30(25,26)19-10-14(6-8-17(19)27-5)20(24)22-21(3,4)15-7-9-16-18(11-15)29-12-28-16/h6-11,13,23H,12H2,1-5H3,(H,22,24). The molecule has 0 spiro atoms. The van der Waals surface area contributed by atoms with Gasteiger partial charge in [0.25, 0.3) is 5.91 Å². The molecule has 8 nitrogen and oxygen atoms in total. The first-order valence-electron chi connectivity index (χ1n) is 9.46. The molecule has 2 aromatic carbocycles. The van der Waals surface area contributed by atoms with Crippen LogP contribution in [0.2, 0.25) is 0 Å². The fourth-order valence-corrected chi connectivity index (χ4v) is 4.56. The van der Waals surface area contributed by atoms with E-state index in [1.165, 1.54) is 25.3 Å². The Kier molecular flexibility index (Phi) is 5.96. The molecule has 1 amide bonds. The van der Waals surface area contributed by atoms with Crippen LogP contribution in [0.1, 0.15) is 43.6 Å². The van der Waals surface area contributed by atoms with Crippen LogP contribution in [-0.2, 0) is 15.6 Å². The zero-order chi connectivity index (χ0) is 22.1. The molecule has 0 atom stereocenters. The van der Waals surface area contributed by atoms with Crippen LogP contribution in [0, 0.1) is 0 Å². The second kappa shape index (κ2) is 8.16. The van der Waals surface area contributed by atoms with E-state index in [2.05, 4.69) is 10.0 Å². The van der Waals surface area contributed by atoms with Gasteiger partial charge < -0.3 is 19.5 Å². The predicted octanol–water partition coefficient (Wildman–Crippen LogP) is 2.78. The van der Waals surface area contributed by atoms with Gasteiger partial charge >= 0.3 is 0 Å². The monoisotopic (exact) mass is 434 g/mol. The Balaban J connectivity index is 1.88. The van der Waals surface area contributed by atoms with Gasteiger partial charge in [-0.1, -0.05) is 6.07 Å². The van der Waals surface area contributed by atoms with Crippen molar-refractivity contribution in [3.63, 3.8) is 0 Å². The zero-order valence-electron chi connectivity index (χ0n) is 17.6. The quantitative estimate of drug-likeness (QED) is 0.695. The molecule has 2 N–H and O–H groups in total. The molecule has 2 aromatic rings. The second-order valence-corrected chi connectivity index (χ2v) is 9.47. The summed E-state index contributed by atoms with van der Waals surface area (Å²) in [6.07, 6.45) is 0. The molecule has 30 heavy (non-hydrogen) atoms. The number of sulfonamides is 1. The van der Waals surface area contributed by atoms with E-state index in [-0.39, 0.29) is 29.0 Å². The van der Waals surface area contributed by atoms with Crippen molar-refractivity contribution in [1.29, 1.82) is 0 Å². The number of carbonyl (C=O) groups is 1. The first-order chi connectivity index (χ1) is 14.0. The van der Waals surface area contributed by atoms with Gasteiger partial charge in [0.1, 0.15) is 10.6 Å². The maximum atomic E-state index is 12.9. The van der Waals surface area contributed by atoms with Gasteiger partial charge in [0, 0.05) is 11.6 Å².